The molecule has 0 aliphatic carbocycles. The molecule has 0 heterocycles. The Balaban J connectivity index is 1.98. The van der Waals surface area contributed by atoms with Crippen LogP contribution < -0.4 is 11.1 Å². The summed E-state index contributed by atoms with van der Waals surface area (Å²) in [5, 5.41) is 3.49. The second kappa shape index (κ2) is 6.68. The highest BCUT2D eigenvalue weighted by Gasteiger charge is 2.09. The second-order valence-electron chi connectivity index (χ2n) is 4.31. The van der Waals surface area contributed by atoms with Crippen molar-refractivity contribution in [3.8, 4) is 0 Å². The molecule has 0 spiro atoms. The number of hydrogen-bond acceptors (Lipinski definition) is 3. The Morgan fingerprint density at radius 2 is 2.00 bits per heavy atom. The van der Waals surface area contributed by atoms with Crippen molar-refractivity contribution in [2.75, 3.05) is 16.8 Å². The van der Waals surface area contributed by atoms with Gasteiger partial charge in [-0.05, 0) is 30.7 Å². The molecule has 3 nitrogen and oxygen atoms in total. The Morgan fingerprint density at radius 1 is 1.25 bits per heavy atom. The molecule has 0 radical (unpaired) electrons. The molecule has 0 saturated heterocycles. The van der Waals surface area contributed by atoms with Crippen LogP contribution in [0, 0.1) is 6.92 Å². The van der Waals surface area contributed by atoms with E-state index < -0.39 is 0 Å². The van der Waals surface area contributed by atoms with Gasteiger partial charge in [0.2, 0.25) is 5.91 Å². The molecule has 0 fully saturated rings. The van der Waals surface area contributed by atoms with Crippen LogP contribution in [0.25, 0.3) is 0 Å². The first-order valence-electron chi connectivity index (χ1n) is 6.10. The first-order valence-corrected chi connectivity index (χ1v) is 7.46. The topological polar surface area (TPSA) is 55.1 Å². The van der Waals surface area contributed by atoms with E-state index in [1.165, 1.54) is 11.8 Å². The average Bonchev–Trinajstić information content (AvgIpc) is 2.42. The minimum absolute atomic E-state index is 0.101. The number of anilines is 2. The zero-order valence-corrected chi connectivity index (χ0v) is 12.6. The standard InChI is InChI=1S/C15H15ClN2OS/c1-10-5-4-7-12(17)15(10)18-14(19)9-20-13-8-3-2-6-11(13)16/h2-8H,9,17H2,1H3,(H,18,19). The number of hydrogen-bond donors (Lipinski definition) is 2. The van der Waals surface area contributed by atoms with Gasteiger partial charge in [-0.15, -0.1) is 11.8 Å². The number of para-hydroxylation sites is 1. The fourth-order valence-corrected chi connectivity index (χ4v) is 2.78. The molecule has 0 aliphatic rings. The largest absolute Gasteiger partial charge is 0.397 e. The first kappa shape index (κ1) is 14.8. The lowest BCUT2D eigenvalue weighted by Gasteiger charge is -2.11. The van der Waals surface area contributed by atoms with Crippen LogP contribution in [0.1, 0.15) is 5.56 Å². The molecule has 1 amide bonds. The molecule has 0 aromatic heterocycles. The zero-order valence-electron chi connectivity index (χ0n) is 11.0. The normalized spacial score (nSPS) is 10.3. The van der Waals surface area contributed by atoms with Crippen molar-refractivity contribution in [1.29, 1.82) is 0 Å². The SMILES string of the molecule is Cc1cccc(N)c1NC(=O)CSc1ccccc1Cl. The number of nitrogens with one attached hydrogen (secondary N) is 1. The summed E-state index contributed by atoms with van der Waals surface area (Å²) in [7, 11) is 0. The summed E-state index contributed by atoms with van der Waals surface area (Å²) in [5.41, 5.74) is 8.05. The number of carbonyl (C=O) groups excluding carboxylic acids is 1. The highest BCUT2D eigenvalue weighted by atomic mass is 35.5. The van der Waals surface area contributed by atoms with Gasteiger partial charge in [0.15, 0.2) is 0 Å². The zero-order chi connectivity index (χ0) is 14.5. The Morgan fingerprint density at radius 3 is 2.70 bits per heavy atom. The summed E-state index contributed by atoms with van der Waals surface area (Å²) in [6.07, 6.45) is 0. The maximum atomic E-state index is 12.0. The van der Waals surface area contributed by atoms with Crippen molar-refractivity contribution in [2.45, 2.75) is 11.8 Å². The number of amides is 1. The van der Waals surface area contributed by atoms with Crippen LogP contribution in [0.5, 0.6) is 0 Å². The number of halogens is 1. The minimum Gasteiger partial charge on any atom is -0.397 e. The van der Waals surface area contributed by atoms with Crippen LogP contribution >= 0.6 is 23.4 Å². The van der Waals surface area contributed by atoms with E-state index in [9.17, 15) is 4.79 Å². The van der Waals surface area contributed by atoms with Crippen LogP contribution in [-0.2, 0) is 4.79 Å². The number of carbonyl (C=O) groups is 1. The fraction of sp³-hybridized carbons (Fsp3) is 0.133. The van der Waals surface area contributed by atoms with Crippen molar-refractivity contribution in [3.05, 3.63) is 53.1 Å². The third kappa shape index (κ3) is 3.68. The van der Waals surface area contributed by atoms with Gasteiger partial charge in [0.05, 0.1) is 22.2 Å². The molecule has 0 unspecified atom stereocenters. The van der Waals surface area contributed by atoms with E-state index in [0.29, 0.717) is 16.4 Å². The predicted molar refractivity (Wildman–Crippen MR) is 86.4 cm³/mol. The van der Waals surface area contributed by atoms with Crippen LogP contribution in [0.4, 0.5) is 11.4 Å². The van der Waals surface area contributed by atoms with E-state index in [1.54, 1.807) is 12.1 Å². The molecule has 2 aromatic rings. The van der Waals surface area contributed by atoms with Crippen molar-refractivity contribution < 1.29 is 4.79 Å². The van der Waals surface area contributed by atoms with Gasteiger partial charge in [0.25, 0.3) is 0 Å². The molecule has 2 rings (SSSR count). The van der Waals surface area contributed by atoms with E-state index in [-0.39, 0.29) is 11.7 Å². The Kier molecular flexibility index (Phi) is 4.93. The quantitative estimate of drug-likeness (QED) is 0.664. The molecule has 0 aliphatic heterocycles. The highest BCUT2D eigenvalue weighted by Crippen LogP contribution is 2.27. The first-order chi connectivity index (χ1) is 9.58. The number of benzene rings is 2. The predicted octanol–water partition coefficient (Wildman–Crippen LogP) is 3.96. The van der Waals surface area contributed by atoms with Gasteiger partial charge in [-0.25, -0.2) is 0 Å². The molecule has 0 saturated carbocycles. The smallest absolute Gasteiger partial charge is 0.234 e. The number of nitrogens with two attached hydrogens (primary N) is 1. The van der Waals surface area contributed by atoms with Gasteiger partial charge in [-0.2, -0.15) is 0 Å². The lowest BCUT2D eigenvalue weighted by molar-refractivity contribution is -0.113. The van der Waals surface area contributed by atoms with Crippen LogP contribution in [-0.4, -0.2) is 11.7 Å². The molecule has 20 heavy (non-hydrogen) atoms. The summed E-state index contributed by atoms with van der Waals surface area (Å²) < 4.78 is 0. The van der Waals surface area contributed by atoms with E-state index in [4.69, 9.17) is 17.3 Å². The molecule has 104 valence electrons. The second-order valence-corrected chi connectivity index (χ2v) is 5.73. The van der Waals surface area contributed by atoms with Crippen LogP contribution in [0.3, 0.4) is 0 Å². The molecule has 3 N–H and O–H groups in total. The number of nitrogen functional groups attached to an aromatic ring is 1. The van der Waals surface area contributed by atoms with E-state index in [0.717, 1.165) is 10.5 Å². The fourth-order valence-electron chi connectivity index (χ4n) is 1.74. The number of rotatable bonds is 4. The van der Waals surface area contributed by atoms with Crippen molar-refractivity contribution in [1.82, 2.24) is 0 Å². The highest BCUT2D eigenvalue weighted by molar-refractivity contribution is 8.00. The van der Waals surface area contributed by atoms with Gasteiger partial charge in [0.1, 0.15) is 0 Å². The third-order valence-corrected chi connectivity index (χ3v) is 4.28. The van der Waals surface area contributed by atoms with Gasteiger partial charge >= 0.3 is 0 Å². The summed E-state index contributed by atoms with van der Waals surface area (Å²) in [6.45, 7) is 1.91. The monoisotopic (exact) mass is 306 g/mol. The van der Waals surface area contributed by atoms with E-state index in [1.807, 2.05) is 37.3 Å². The van der Waals surface area contributed by atoms with E-state index >= 15 is 0 Å². The van der Waals surface area contributed by atoms with Crippen LogP contribution in [0.15, 0.2) is 47.4 Å². The van der Waals surface area contributed by atoms with Crippen molar-refractivity contribution in [2.24, 2.45) is 0 Å². The molecule has 0 atom stereocenters. The van der Waals surface area contributed by atoms with Gasteiger partial charge in [-0.3, -0.25) is 4.79 Å². The van der Waals surface area contributed by atoms with Crippen molar-refractivity contribution >= 4 is 40.6 Å². The summed E-state index contributed by atoms with van der Waals surface area (Å²) in [6, 6.07) is 13.0. The van der Waals surface area contributed by atoms with Gasteiger partial charge in [0, 0.05) is 4.90 Å². The Labute approximate surface area is 127 Å². The Hall–Kier alpha value is -1.65. The summed E-state index contributed by atoms with van der Waals surface area (Å²) in [4.78, 5) is 12.9. The Bertz CT molecular complexity index is 611. The molecular weight excluding hydrogens is 292 g/mol. The lowest BCUT2D eigenvalue weighted by atomic mass is 10.1. The van der Waals surface area contributed by atoms with E-state index in [2.05, 4.69) is 5.32 Å². The number of aryl methyl sites for hydroxylation is 1. The summed E-state index contributed by atoms with van der Waals surface area (Å²) in [5.74, 6) is 0.188. The molecule has 2 aromatic carbocycles. The average molecular weight is 307 g/mol. The third-order valence-electron chi connectivity index (χ3n) is 2.76. The minimum atomic E-state index is -0.101. The molecule has 0 bridgehead atoms. The molecule has 5 heteroatoms. The molecular formula is C15H15ClN2OS. The lowest BCUT2D eigenvalue weighted by Crippen LogP contribution is -2.16. The van der Waals surface area contributed by atoms with Gasteiger partial charge < -0.3 is 11.1 Å². The maximum Gasteiger partial charge on any atom is 0.234 e. The van der Waals surface area contributed by atoms with Crippen LogP contribution in [0.2, 0.25) is 5.02 Å². The maximum absolute atomic E-state index is 12.0. The van der Waals surface area contributed by atoms with Crippen molar-refractivity contribution in [3.63, 3.8) is 0 Å². The number of thioether (sulfide) groups is 1. The summed E-state index contributed by atoms with van der Waals surface area (Å²) >= 11 is 7.45. The van der Waals surface area contributed by atoms with Gasteiger partial charge in [-0.1, -0.05) is 35.9 Å².